The van der Waals surface area contributed by atoms with E-state index in [9.17, 15) is 4.79 Å². The number of benzene rings is 3. The molecule has 1 N–H and O–H groups in total. The molecule has 0 aliphatic rings. The normalized spacial score (nSPS) is 11.5. The first kappa shape index (κ1) is 16.8. The smallest absolute Gasteiger partial charge is 0.196 e. The lowest BCUT2D eigenvalue weighted by Gasteiger charge is -2.06. The lowest BCUT2D eigenvalue weighted by molar-refractivity contribution is 0.105. The molecule has 0 spiro atoms. The number of ether oxygens (including phenoxy) is 1. The van der Waals surface area contributed by atoms with Crippen LogP contribution in [0.4, 0.5) is 0 Å². The number of nitrogens with zero attached hydrogens (tertiary/aromatic N) is 1. The highest BCUT2D eigenvalue weighted by molar-refractivity contribution is 6.31. The number of carbonyl (C=O) groups is 1. The Kier molecular flexibility index (Phi) is 4.54. The van der Waals surface area contributed by atoms with Crippen molar-refractivity contribution in [3.63, 3.8) is 0 Å². The largest absolute Gasteiger partial charge is 0.497 e. The van der Waals surface area contributed by atoms with Crippen LogP contribution in [-0.2, 0) is 0 Å². The van der Waals surface area contributed by atoms with E-state index in [4.69, 9.17) is 4.74 Å². The van der Waals surface area contributed by atoms with Crippen molar-refractivity contribution in [2.24, 2.45) is 0 Å². The van der Waals surface area contributed by atoms with Crippen LogP contribution in [0.3, 0.4) is 0 Å². The molecule has 0 unspecified atom stereocenters. The van der Waals surface area contributed by atoms with Crippen LogP contribution in [0.5, 0.6) is 5.75 Å². The fraction of sp³-hybridized carbons (Fsp3) is 0.0435. The van der Waals surface area contributed by atoms with Crippen molar-refractivity contribution in [1.29, 1.82) is 0 Å². The molecule has 0 saturated carbocycles. The van der Waals surface area contributed by atoms with E-state index < -0.39 is 0 Å². The highest BCUT2D eigenvalue weighted by Gasteiger charge is 2.18. The van der Waals surface area contributed by atoms with E-state index in [0.29, 0.717) is 22.7 Å². The van der Waals surface area contributed by atoms with Crippen molar-refractivity contribution in [1.82, 2.24) is 9.97 Å². The predicted molar refractivity (Wildman–Crippen MR) is 108 cm³/mol. The molecular formula is C23H18N2O2. The van der Waals surface area contributed by atoms with Gasteiger partial charge in [0.05, 0.1) is 23.7 Å². The number of para-hydroxylation sites is 2. The highest BCUT2D eigenvalue weighted by atomic mass is 16.5. The number of ketones is 1. The molecule has 4 heteroatoms. The lowest BCUT2D eigenvalue weighted by atomic mass is 10.0. The van der Waals surface area contributed by atoms with Crippen molar-refractivity contribution in [3.8, 4) is 5.75 Å². The molecule has 1 aromatic heterocycles. The molecule has 0 atom stereocenters. The molecular weight excluding hydrogens is 336 g/mol. The van der Waals surface area contributed by atoms with Gasteiger partial charge in [0.25, 0.3) is 0 Å². The number of aromatic amines is 1. The Morgan fingerprint density at radius 2 is 1.63 bits per heavy atom. The third-order valence-electron chi connectivity index (χ3n) is 4.35. The van der Waals surface area contributed by atoms with Gasteiger partial charge in [0, 0.05) is 5.56 Å². The van der Waals surface area contributed by atoms with Crippen LogP contribution in [0.25, 0.3) is 22.7 Å². The van der Waals surface area contributed by atoms with Crippen LogP contribution in [0, 0.1) is 0 Å². The average molecular weight is 354 g/mol. The molecule has 0 saturated heterocycles. The molecule has 4 nitrogen and oxygen atoms in total. The first-order valence-electron chi connectivity index (χ1n) is 8.65. The van der Waals surface area contributed by atoms with Gasteiger partial charge in [-0.05, 0) is 48.0 Å². The summed E-state index contributed by atoms with van der Waals surface area (Å²) in [6, 6.07) is 24.6. The Morgan fingerprint density at radius 3 is 2.33 bits per heavy atom. The third-order valence-corrected chi connectivity index (χ3v) is 4.35. The summed E-state index contributed by atoms with van der Waals surface area (Å²) < 4.78 is 5.19. The molecule has 3 aromatic carbocycles. The number of imidazole rings is 1. The fourth-order valence-electron chi connectivity index (χ4n) is 2.94. The molecule has 4 aromatic rings. The number of allylic oxidation sites excluding steroid dienone is 1. The van der Waals surface area contributed by atoms with E-state index in [1.165, 1.54) is 0 Å². The summed E-state index contributed by atoms with van der Waals surface area (Å²) in [6.45, 7) is 0. The molecule has 0 fully saturated rings. The van der Waals surface area contributed by atoms with Gasteiger partial charge in [-0.2, -0.15) is 0 Å². The number of hydrogen-bond acceptors (Lipinski definition) is 3. The predicted octanol–water partition coefficient (Wildman–Crippen LogP) is 5.00. The maximum absolute atomic E-state index is 13.3. The summed E-state index contributed by atoms with van der Waals surface area (Å²) in [6.07, 6.45) is 1.87. The van der Waals surface area contributed by atoms with E-state index in [-0.39, 0.29) is 5.78 Å². The number of Topliss-reactive ketones (excluding diaryl/α,β-unsaturated/α-hetero) is 1. The number of methoxy groups -OCH3 is 1. The van der Waals surface area contributed by atoms with E-state index in [1.54, 1.807) is 31.4 Å². The van der Waals surface area contributed by atoms with Gasteiger partial charge in [0.15, 0.2) is 5.78 Å². The third kappa shape index (κ3) is 3.51. The zero-order valence-electron chi connectivity index (χ0n) is 14.8. The van der Waals surface area contributed by atoms with Gasteiger partial charge in [-0.25, -0.2) is 4.98 Å². The minimum Gasteiger partial charge on any atom is -0.497 e. The monoisotopic (exact) mass is 354 g/mol. The Bertz CT molecular complexity index is 1080. The van der Waals surface area contributed by atoms with Gasteiger partial charge in [-0.15, -0.1) is 0 Å². The molecule has 0 aliphatic heterocycles. The SMILES string of the molecule is COc1ccc(C(=O)/C(=C/c2ccccc2)c2nc3ccccc3[nH]2)cc1. The molecule has 1 heterocycles. The molecule has 0 amide bonds. The summed E-state index contributed by atoms with van der Waals surface area (Å²) in [5.74, 6) is 1.17. The summed E-state index contributed by atoms with van der Waals surface area (Å²) in [7, 11) is 1.60. The number of fused-ring (bicyclic) bond motifs is 1. The zero-order valence-corrected chi connectivity index (χ0v) is 14.8. The first-order chi connectivity index (χ1) is 13.2. The van der Waals surface area contributed by atoms with E-state index in [0.717, 1.165) is 16.6 Å². The maximum Gasteiger partial charge on any atom is 0.196 e. The van der Waals surface area contributed by atoms with Crippen LogP contribution in [0.1, 0.15) is 21.7 Å². The van der Waals surface area contributed by atoms with Crippen LogP contribution in [-0.4, -0.2) is 22.9 Å². The summed E-state index contributed by atoms with van der Waals surface area (Å²) in [5.41, 5.74) is 3.76. The van der Waals surface area contributed by atoms with Gasteiger partial charge in [-0.1, -0.05) is 42.5 Å². The number of hydrogen-bond donors (Lipinski definition) is 1. The zero-order chi connectivity index (χ0) is 18.6. The molecule has 0 bridgehead atoms. The van der Waals surface area contributed by atoms with Gasteiger partial charge >= 0.3 is 0 Å². The van der Waals surface area contributed by atoms with E-state index >= 15 is 0 Å². The van der Waals surface area contributed by atoms with E-state index in [2.05, 4.69) is 9.97 Å². The summed E-state index contributed by atoms with van der Waals surface area (Å²) in [4.78, 5) is 21.1. The second kappa shape index (κ2) is 7.30. The number of rotatable bonds is 5. The Labute approximate surface area is 157 Å². The van der Waals surface area contributed by atoms with Gasteiger partial charge in [-0.3, -0.25) is 4.79 Å². The molecule has 0 aliphatic carbocycles. The number of nitrogens with one attached hydrogen (secondary N) is 1. The summed E-state index contributed by atoms with van der Waals surface area (Å²) >= 11 is 0. The number of H-pyrrole nitrogens is 1. The van der Waals surface area contributed by atoms with Gasteiger partial charge in [0.2, 0.25) is 0 Å². The van der Waals surface area contributed by atoms with Crippen molar-refractivity contribution < 1.29 is 9.53 Å². The quantitative estimate of drug-likeness (QED) is 0.405. The van der Waals surface area contributed by atoms with Crippen LogP contribution in [0.2, 0.25) is 0 Å². The Morgan fingerprint density at radius 1 is 0.926 bits per heavy atom. The van der Waals surface area contributed by atoms with Gasteiger partial charge in [0.1, 0.15) is 11.6 Å². The van der Waals surface area contributed by atoms with Crippen LogP contribution < -0.4 is 4.74 Å². The van der Waals surface area contributed by atoms with E-state index in [1.807, 2.05) is 60.7 Å². The highest BCUT2D eigenvalue weighted by Crippen LogP contribution is 2.24. The average Bonchev–Trinajstić information content (AvgIpc) is 3.16. The fourth-order valence-corrected chi connectivity index (χ4v) is 2.94. The van der Waals surface area contributed by atoms with Crippen molar-refractivity contribution in [2.45, 2.75) is 0 Å². The van der Waals surface area contributed by atoms with Gasteiger partial charge < -0.3 is 9.72 Å². The minimum atomic E-state index is -0.0967. The van der Waals surface area contributed by atoms with Crippen molar-refractivity contribution in [3.05, 3.63) is 95.8 Å². The standard InChI is InChI=1S/C23H18N2O2/c1-27-18-13-11-17(12-14-18)22(26)19(15-16-7-3-2-4-8-16)23-24-20-9-5-6-10-21(20)25-23/h2-15H,1H3,(H,24,25)/b19-15-. The lowest BCUT2D eigenvalue weighted by Crippen LogP contribution is -2.04. The topological polar surface area (TPSA) is 55.0 Å². The molecule has 4 rings (SSSR count). The van der Waals surface area contributed by atoms with Crippen molar-refractivity contribution in [2.75, 3.05) is 7.11 Å². The Hall–Kier alpha value is -3.66. The molecule has 27 heavy (non-hydrogen) atoms. The van der Waals surface area contributed by atoms with Crippen molar-refractivity contribution >= 4 is 28.5 Å². The maximum atomic E-state index is 13.3. The number of aromatic nitrogens is 2. The van der Waals surface area contributed by atoms with Crippen LogP contribution >= 0.6 is 0 Å². The first-order valence-corrected chi connectivity index (χ1v) is 8.65. The molecule has 0 radical (unpaired) electrons. The second-order valence-corrected chi connectivity index (χ2v) is 6.13. The number of carbonyl (C=O) groups excluding carboxylic acids is 1. The molecule has 132 valence electrons. The minimum absolute atomic E-state index is 0.0967. The Balaban J connectivity index is 1.82. The second-order valence-electron chi connectivity index (χ2n) is 6.13. The summed E-state index contributed by atoms with van der Waals surface area (Å²) in [5, 5.41) is 0. The van der Waals surface area contributed by atoms with Crippen LogP contribution in [0.15, 0.2) is 78.9 Å².